The monoisotopic (exact) mass is 551 g/mol. The summed E-state index contributed by atoms with van der Waals surface area (Å²) in [6, 6.07) is 14.0. The van der Waals surface area contributed by atoms with E-state index in [1.807, 2.05) is 23.5 Å². The average Bonchev–Trinajstić information content (AvgIpc) is 3.30. The van der Waals surface area contributed by atoms with Gasteiger partial charge in [0.2, 0.25) is 0 Å². The fourth-order valence-corrected chi connectivity index (χ4v) is 5.54. The Balaban J connectivity index is 1.60. The lowest BCUT2D eigenvalue weighted by molar-refractivity contribution is 0.0916. The second kappa shape index (κ2) is 11.7. The number of pyridine rings is 1. The molecular weight excluding hydrogens is 517 g/mol. The molecule has 0 bridgehead atoms. The highest BCUT2D eigenvalue weighted by atomic mass is 32.2. The van der Waals surface area contributed by atoms with Crippen molar-refractivity contribution in [2.45, 2.75) is 51.5 Å². The SMILES string of the molecule is CCc1c(-c2ccc(CC(C)C)c(F)c2)nc2cc(C(=O)N[C@@H](CO)c3ccc(S(=O)(=O)CC)cc3)ccn12. The van der Waals surface area contributed by atoms with Crippen LogP contribution in [0.5, 0.6) is 0 Å². The fourth-order valence-electron chi connectivity index (χ4n) is 4.66. The number of nitrogens with zero attached hydrogens (tertiary/aromatic N) is 2. The number of fused-ring (bicyclic) bond motifs is 1. The summed E-state index contributed by atoms with van der Waals surface area (Å²) in [6.07, 6.45) is 3.09. The molecule has 0 saturated heterocycles. The number of amides is 1. The lowest BCUT2D eigenvalue weighted by atomic mass is 9.99. The van der Waals surface area contributed by atoms with Gasteiger partial charge >= 0.3 is 0 Å². The number of aliphatic hydroxyl groups excluding tert-OH is 1. The Morgan fingerprint density at radius 3 is 2.38 bits per heavy atom. The van der Waals surface area contributed by atoms with E-state index in [4.69, 9.17) is 4.98 Å². The summed E-state index contributed by atoms with van der Waals surface area (Å²) in [5, 5.41) is 12.7. The van der Waals surface area contributed by atoms with Gasteiger partial charge in [-0.3, -0.25) is 4.79 Å². The van der Waals surface area contributed by atoms with Crippen LogP contribution in [-0.2, 0) is 22.7 Å². The third-order valence-electron chi connectivity index (χ3n) is 6.79. The summed E-state index contributed by atoms with van der Waals surface area (Å²) >= 11 is 0. The molecule has 0 aliphatic carbocycles. The predicted molar refractivity (Wildman–Crippen MR) is 150 cm³/mol. The summed E-state index contributed by atoms with van der Waals surface area (Å²) in [7, 11) is -3.35. The largest absolute Gasteiger partial charge is 0.394 e. The minimum atomic E-state index is -3.35. The van der Waals surface area contributed by atoms with Crippen LogP contribution >= 0.6 is 0 Å². The summed E-state index contributed by atoms with van der Waals surface area (Å²) in [5.41, 5.74) is 4.42. The first-order chi connectivity index (χ1) is 18.6. The molecule has 7 nitrogen and oxygen atoms in total. The molecule has 9 heteroatoms. The molecule has 2 N–H and O–H groups in total. The molecule has 1 atom stereocenters. The zero-order chi connectivity index (χ0) is 28.3. The molecular formula is C30H34FN3O4S. The Bertz CT molecular complexity index is 1590. The number of carbonyl (C=O) groups is 1. The second-order valence-electron chi connectivity index (χ2n) is 9.99. The maximum Gasteiger partial charge on any atom is 0.252 e. The highest BCUT2D eigenvalue weighted by Crippen LogP contribution is 2.28. The van der Waals surface area contributed by atoms with Gasteiger partial charge in [-0.25, -0.2) is 17.8 Å². The molecule has 2 aromatic heterocycles. The minimum absolute atomic E-state index is 0.0113. The van der Waals surface area contributed by atoms with Gasteiger partial charge in [-0.1, -0.05) is 52.0 Å². The lowest BCUT2D eigenvalue weighted by Crippen LogP contribution is -2.30. The number of hydrogen-bond donors (Lipinski definition) is 2. The first-order valence-corrected chi connectivity index (χ1v) is 14.8. The van der Waals surface area contributed by atoms with Crippen molar-refractivity contribution in [1.29, 1.82) is 0 Å². The fraction of sp³-hybridized carbons (Fsp3) is 0.333. The van der Waals surface area contributed by atoms with Crippen LogP contribution in [0.15, 0.2) is 65.7 Å². The first-order valence-electron chi connectivity index (χ1n) is 13.1. The number of halogens is 1. The van der Waals surface area contributed by atoms with E-state index >= 15 is 0 Å². The van der Waals surface area contributed by atoms with Gasteiger partial charge in [0.05, 0.1) is 34.7 Å². The van der Waals surface area contributed by atoms with Crippen molar-refractivity contribution < 1.29 is 22.7 Å². The number of aryl methyl sites for hydroxylation is 1. The molecule has 0 radical (unpaired) electrons. The summed E-state index contributed by atoms with van der Waals surface area (Å²) in [6.45, 7) is 7.32. The topological polar surface area (TPSA) is 101 Å². The van der Waals surface area contributed by atoms with Crippen molar-refractivity contribution in [2.24, 2.45) is 5.92 Å². The van der Waals surface area contributed by atoms with Crippen LogP contribution < -0.4 is 5.32 Å². The van der Waals surface area contributed by atoms with Crippen LogP contribution in [0.1, 0.15) is 60.9 Å². The van der Waals surface area contributed by atoms with Crippen molar-refractivity contribution >= 4 is 21.4 Å². The third-order valence-corrected chi connectivity index (χ3v) is 8.54. The van der Waals surface area contributed by atoms with Crippen LogP contribution in [0, 0.1) is 11.7 Å². The van der Waals surface area contributed by atoms with E-state index < -0.39 is 21.8 Å². The van der Waals surface area contributed by atoms with Gasteiger partial charge < -0.3 is 14.8 Å². The van der Waals surface area contributed by atoms with E-state index in [9.17, 15) is 22.7 Å². The van der Waals surface area contributed by atoms with E-state index in [2.05, 4.69) is 19.2 Å². The highest BCUT2D eigenvalue weighted by molar-refractivity contribution is 7.91. The molecule has 2 aromatic carbocycles. The van der Waals surface area contributed by atoms with Crippen molar-refractivity contribution in [2.75, 3.05) is 12.4 Å². The molecule has 0 spiro atoms. The number of aliphatic hydroxyl groups is 1. The van der Waals surface area contributed by atoms with Gasteiger partial charge in [-0.2, -0.15) is 0 Å². The van der Waals surface area contributed by atoms with E-state index in [0.29, 0.717) is 52.4 Å². The second-order valence-corrected chi connectivity index (χ2v) is 12.3. The van der Waals surface area contributed by atoms with Gasteiger partial charge in [-0.05, 0) is 60.2 Å². The van der Waals surface area contributed by atoms with Crippen molar-refractivity contribution in [3.8, 4) is 11.3 Å². The molecule has 39 heavy (non-hydrogen) atoms. The Kier molecular flexibility index (Phi) is 8.51. The predicted octanol–water partition coefficient (Wildman–Crippen LogP) is 5.16. The molecule has 0 aliphatic heterocycles. The van der Waals surface area contributed by atoms with Gasteiger partial charge in [0.1, 0.15) is 11.5 Å². The normalized spacial score (nSPS) is 12.7. The average molecular weight is 552 g/mol. The van der Waals surface area contributed by atoms with E-state index in [1.165, 1.54) is 18.2 Å². The zero-order valence-electron chi connectivity index (χ0n) is 22.6. The number of sulfone groups is 1. The standard InChI is InChI=1S/C30H34FN3O4S/c1-5-27-29(22-8-7-21(15-19(3)4)25(31)16-22)33-28-17-23(13-14-34(27)28)30(36)32-26(18-35)20-9-11-24(12-10-20)39(37,38)6-2/h7-14,16-17,19,26,35H,5-6,15,18H2,1-4H3,(H,32,36)/t26-/m0/s1. The molecule has 4 rings (SSSR count). The van der Waals surface area contributed by atoms with Gasteiger partial charge in [0.15, 0.2) is 9.84 Å². The van der Waals surface area contributed by atoms with Crippen LogP contribution in [0.3, 0.4) is 0 Å². The van der Waals surface area contributed by atoms with Gasteiger partial charge in [0.25, 0.3) is 5.91 Å². The van der Waals surface area contributed by atoms with E-state index in [0.717, 1.165) is 5.69 Å². The smallest absolute Gasteiger partial charge is 0.252 e. The van der Waals surface area contributed by atoms with E-state index in [1.54, 1.807) is 37.4 Å². The Hall–Kier alpha value is -3.56. The number of rotatable bonds is 10. The number of hydrogen-bond acceptors (Lipinski definition) is 5. The summed E-state index contributed by atoms with van der Waals surface area (Å²) < 4.78 is 40.9. The van der Waals surface area contributed by atoms with Crippen molar-refractivity contribution in [3.63, 3.8) is 0 Å². The number of imidazole rings is 1. The summed E-state index contributed by atoms with van der Waals surface area (Å²) in [4.78, 5) is 18.0. The third kappa shape index (κ3) is 6.04. The zero-order valence-corrected chi connectivity index (χ0v) is 23.4. The number of benzene rings is 2. The Labute approximate surface area is 228 Å². The molecule has 1 amide bonds. The first kappa shape index (κ1) is 28.4. The number of carbonyl (C=O) groups excluding carboxylic acids is 1. The lowest BCUT2D eigenvalue weighted by Gasteiger charge is -2.17. The molecule has 2 heterocycles. The van der Waals surface area contributed by atoms with Crippen LogP contribution in [-0.4, -0.2) is 41.2 Å². The minimum Gasteiger partial charge on any atom is -0.394 e. The highest BCUT2D eigenvalue weighted by Gasteiger charge is 2.20. The van der Waals surface area contributed by atoms with E-state index in [-0.39, 0.29) is 23.1 Å². The van der Waals surface area contributed by atoms with Crippen molar-refractivity contribution in [1.82, 2.24) is 14.7 Å². The number of nitrogens with one attached hydrogen (secondary N) is 1. The van der Waals surface area contributed by atoms with Crippen LogP contribution in [0.25, 0.3) is 16.9 Å². The number of aromatic nitrogens is 2. The van der Waals surface area contributed by atoms with Crippen LogP contribution in [0.2, 0.25) is 0 Å². The molecule has 0 aliphatic rings. The van der Waals surface area contributed by atoms with Crippen LogP contribution in [0.4, 0.5) is 4.39 Å². The maximum absolute atomic E-state index is 14.8. The van der Waals surface area contributed by atoms with Crippen molar-refractivity contribution in [3.05, 3.63) is 89.0 Å². The maximum atomic E-state index is 14.8. The Morgan fingerprint density at radius 2 is 1.79 bits per heavy atom. The molecule has 4 aromatic rings. The van der Waals surface area contributed by atoms with Gasteiger partial charge in [-0.15, -0.1) is 0 Å². The molecule has 0 saturated carbocycles. The quantitative estimate of drug-likeness (QED) is 0.284. The summed E-state index contributed by atoms with van der Waals surface area (Å²) in [5.74, 6) is -0.328. The Morgan fingerprint density at radius 1 is 1.08 bits per heavy atom. The molecule has 0 unspecified atom stereocenters. The van der Waals surface area contributed by atoms with Gasteiger partial charge in [0, 0.05) is 17.3 Å². The molecule has 206 valence electrons. The molecule has 0 fully saturated rings.